The van der Waals surface area contributed by atoms with Crippen LogP contribution in [-0.4, -0.2) is 99.2 Å². The molecular weight excluding hydrogens is 451 g/mol. The fourth-order valence-corrected chi connectivity index (χ4v) is 3.87. The third kappa shape index (κ3) is 9.28. The topological polar surface area (TPSA) is 46.1 Å². The summed E-state index contributed by atoms with van der Waals surface area (Å²) in [5.74, 6) is 0.940. The van der Waals surface area contributed by atoms with Crippen LogP contribution in [0.15, 0.2) is 4.99 Å². The number of likely N-dealkylation sites (N-methyl/N-ethyl adjacent to an activating group) is 1. The summed E-state index contributed by atoms with van der Waals surface area (Å²) in [4.78, 5) is 12.0. The molecule has 7 heteroatoms. The second-order valence-electron chi connectivity index (χ2n) is 8.56. The van der Waals surface area contributed by atoms with E-state index in [4.69, 9.17) is 0 Å². The summed E-state index contributed by atoms with van der Waals surface area (Å²) >= 11 is 0. The number of rotatable bonds is 8. The monoisotopic (exact) mass is 494 g/mol. The average molecular weight is 495 g/mol. The molecule has 2 heterocycles. The number of hydrogen-bond donors (Lipinski definition) is 2. The van der Waals surface area contributed by atoms with Crippen LogP contribution in [0.4, 0.5) is 0 Å². The third-order valence-corrected chi connectivity index (χ3v) is 5.91. The van der Waals surface area contributed by atoms with Gasteiger partial charge in [-0.05, 0) is 66.2 Å². The van der Waals surface area contributed by atoms with Crippen molar-refractivity contribution in [1.29, 1.82) is 0 Å². The van der Waals surface area contributed by atoms with Gasteiger partial charge in [-0.25, -0.2) is 0 Å². The largest absolute Gasteiger partial charge is 0.356 e. The first-order valence-electron chi connectivity index (χ1n) is 10.6. The number of aliphatic imine (C=N–C) groups is 1. The third-order valence-electron chi connectivity index (χ3n) is 5.91. The number of guanidine groups is 1. The predicted octanol–water partition coefficient (Wildman–Crippen LogP) is 2.06. The van der Waals surface area contributed by atoms with Crippen molar-refractivity contribution < 1.29 is 0 Å². The van der Waals surface area contributed by atoms with Crippen LogP contribution in [0.2, 0.25) is 0 Å². The summed E-state index contributed by atoms with van der Waals surface area (Å²) < 4.78 is 0. The lowest BCUT2D eigenvalue weighted by atomic mass is 9.98. The molecule has 0 aromatic rings. The molecule has 0 aliphatic carbocycles. The van der Waals surface area contributed by atoms with Crippen LogP contribution in [0.5, 0.6) is 0 Å². The molecule has 160 valence electrons. The predicted molar refractivity (Wildman–Crippen MR) is 127 cm³/mol. The first-order chi connectivity index (χ1) is 12.5. The number of piperazine rings is 1. The Morgan fingerprint density at radius 2 is 1.59 bits per heavy atom. The molecule has 2 aliphatic heterocycles. The summed E-state index contributed by atoms with van der Waals surface area (Å²) in [6.45, 7) is 15.2. The summed E-state index contributed by atoms with van der Waals surface area (Å²) in [6.07, 6.45) is 6.51. The molecule has 2 N–H and O–H groups in total. The van der Waals surface area contributed by atoms with Crippen LogP contribution in [0, 0.1) is 0 Å². The van der Waals surface area contributed by atoms with Crippen molar-refractivity contribution in [2.75, 3.05) is 73.0 Å². The zero-order chi connectivity index (χ0) is 18.8. The lowest BCUT2D eigenvalue weighted by Gasteiger charge is -2.41. The van der Waals surface area contributed by atoms with E-state index in [1.54, 1.807) is 0 Å². The second-order valence-corrected chi connectivity index (χ2v) is 8.56. The van der Waals surface area contributed by atoms with E-state index in [1.165, 1.54) is 77.9 Å². The highest BCUT2D eigenvalue weighted by Gasteiger charge is 2.27. The zero-order valence-corrected chi connectivity index (χ0v) is 20.4. The van der Waals surface area contributed by atoms with Gasteiger partial charge >= 0.3 is 0 Å². The standard InChI is InChI=1S/C20H42N6.HI/c1-20(2,26-12-7-5-8-13-26)18-23-19(21-3)22-10-6-9-11-25-16-14-24(4)15-17-25;/h5-18H2,1-4H3,(H2,21,22,23);1H. The van der Waals surface area contributed by atoms with Crippen LogP contribution < -0.4 is 10.6 Å². The van der Waals surface area contributed by atoms with E-state index in [9.17, 15) is 0 Å². The number of hydrogen-bond acceptors (Lipinski definition) is 4. The summed E-state index contributed by atoms with van der Waals surface area (Å²) in [7, 11) is 4.08. The number of piperidine rings is 1. The molecule has 0 aromatic heterocycles. The summed E-state index contributed by atoms with van der Waals surface area (Å²) in [5.41, 5.74) is 0.180. The van der Waals surface area contributed by atoms with E-state index >= 15 is 0 Å². The molecule has 6 nitrogen and oxygen atoms in total. The number of unbranched alkanes of at least 4 members (excludes halogenated alkanes) is 1. The van der Waals surface area contributed by atoms with Crippen molar-refractivity contribution in [2.45, 2.75) is 51.5 Å². The Bertz CT molecular complexity index is 415. The minimum absolute atomic E-state index is 0. The quantitative estimate of drug-likeness (QED) is 0.234. The van der Waals surface area contributed by atoms with Crippen molar-refractivity contribution in [1.82, 2.24) is 25.3 Å². The highest BCUT2D eigenvalue weighted by Crippen LogP contribution is 2.19. The van der Waals surface area contributed by atoms with E-state index in [2.05, 4.69) is 51.2 Å². The van der Waals surface area contributed by atoms with Crippen molar-refractivity contribution in [2.24, 2.45) is 4.99 Å². The molecule has 2 rings (SSSR count). The Hall–Kier alpha value is -0.120. The Kier molecular flexibility index (Phi) is 12.2. The van der Waals surface area contributed by atoms with Crippen molar-refractivity contribution in [3.8, 4) is 0 Å². The molecule has 0 aromatic carbocycles. The van der Waals surface area contributed by atoms with Crippen LogP contribution in [0.25, 0.3) is 0 Å². The molecule has 0 spiro atoms. The molecule has 0 unspecified atom stereocenters. The Balaban J connectivity index is 0.00000364. The molecule has 2 aliphatic rings. The molecule has 0 bridgehead atoms. The fourth-order valence-electron chi connectivity index (χ4n) is 3.87. The van der Waals surface area contributed by atoms with Gasteiger partial charge in [-0.1, -0.05) is 6.42 Å². The number of halogens is 1. The zero-order valence-electron chi connectivity index (χ0n) is 18.1. The Morgan fingerprint density at radius 1 is 0.926 bits per heavy atom. The van der Waals surface area contributed by atoms with Gasteiger partial charge in [-0.3, -0.25) is 9.89 Å². The molecule has 2 fully saturated rings. The Labute approximate surface area is 184 Å². The summed E-state index contributed by atoms with van der Waals surface area (Å²) in [6, 6.07) is 0. The fraction of sp³-hybridized carbons (Fsp3) is 0.950. The maximum absolute atomic E-state index is 4.39. The number of nitrogens with zero attached hydrogens (tertiary/aromatic N) is 4. The van der Waals surface area contributed by atoms with Gasteiger partial charge in [0.2, 0.25) is 0 Å². The average Bonchev–Trinajstić information content (AvgIpc) is 2.66. The maximum atomic E-state index is 4.39. The summed E-state index contributed by atoms with van der Waals surface area (Å²) in [5, 5.41) is 7.02. The Morgan fingerprint density at radius 3 is 2.22 bits per heavy atom. The first-order valence-corrected chi connectivity index (χ1v) is 10.6. The lowest BCUT2D eigenvalue weighted by molar-refractivity contribution is 0.0982. The SMILES string of the molecule is CN=C(NCCCCN1CCN(C)CC1)NCC(C)(C)N1CCCCC1.I. The van der Waals surface area contributed by atoms with Gasteiger partial charge in [0.05, 0.1) is 0 Å². The van der Waals surface area contributed by atoms with Gasteiger partial charge in [-0.2, -0.15) is 0 Å². The smallest absolute Gasteiger partial charge is 0.191 e. The second kappa shape index (κ2) is 13.2. The van der Waals surface area contributed by atoms with E-state index in [-0.39, 0.29) is 29.5 Å². The molecule has 2 saturated heterocycles. The van der Waals surface area contributed by atoms with Gasteiger partial charge < -0.3 is 20.4 Å². The van der Waals surface area contributed by atoms with Crippen LogP contribution in [0.3, 0.4) is 0 Å². The van der Waals surface area contributed by atoms with Crippen LogP contribution in [-0.2, 0) is 0 Å². The van der Waals surface area contributed by atoms with Crippen molar-refractivity contribution in [3.63, 3.8) is 0 Å². The van der Waals surface area contributed by atoms with Gasteiger partial charge in [0.1, 0.15) is 0 Å². The number of likely N-dealkylation sites (tertiary alicyclic amines) is 1. The minimum atomic E-state index is 0. The molecule has 0 atom stereocenters. The molecule has 27 heavy (non-hydrogen) atoms. The van der Waals surface area contributed by atoms with E-state index in [0.717, 1.165) is 19.0 Å². The highest BCUT2D eigenvalue weighted by molar-refractivity contribution is 14.0. The highest BCUT2D eigenvalue weighted by atomic mass is 127. The minimum Gasteiger partial charge on any atom is -0.356 e. The van der Waals surface area contributed by atoms with Gasteiger partial charge in [0.25, 0.3) is 0 Å². The van der Waals surface area contributed by atoms with Gasteiger partial charge in [-0.15, -0.1) is 24.0 Å². The van der Waals surface area contributed by atoms with E-state index < -0.39 is 0 Å². The first kappa shape index (κ1) is 24.9. The number of nitrogens with one attached hydrogen (secondary N) is 2. The molecule has 0 amide bonds. The van der Waals surface area contributed by atoms with E-state index in [0.29, 0.717) is 0 Å². The van der Waals surface area contributed by atoms with Crippen molar-refractivity contribution >= 4 is 29.9 Å². The van der Waals surface area contributed by atoms with Gasteiger partial charge in [0.15, 0.2) is 5.96 Å². The van der Waals surface area contributed by atoms with Crippen LogP contribution >= 0.6 is 24.0 Å². The van der Waals surface area contributed by atoms with E-state index in [1.807, 2.05) is 7.05 Å². The van der Waals surface area contributed by atoms with Crippen LogP contribution in [0.1, 0.15) is 46.0 Å². The van der Waals surface area contributed by atoms with Crippen molar-refractivity contribution in [3.05, 3.63) is 0 Å². The lowest BCUT2D eigenvalue weighted by Crippen LogP contribution is -2.54. The molecular formula is C20H43IN6. The molecule has 0 radical (unpaired) electrons. The normalized spacial score (nSPS) is 21.0. The maximum Gasteiger partial charge on any atom is 0.191 e. The van der Waals surface area contributed by atoms with Gasteiger partial charge in [0, 0.05) is 51.9 Å². The molecule has 0 saturated carbocycles.